The van der Waals surface area contributed by atoms with Crippen LogP contribution in [0.3, 0.4) is 0 Å². The van der Waals surface area contributed by atoms with Crippen molar-refractivity contribution in [1.29, 1.82) is 0 Å². The van der Waals surface area contributed by atoms with Crippen LogP contribution in [0.5, 0.6) is 5.88 Å². The van der Waals surface area contributed by atoms with Crippen LogP contribution in [0, 0.1) is 0 Å². The smallest absolute Gasteiger partial charge is 0.461 e. The van der Waals surface area contributed by atoms with E-state index in [-0.39, 0.29) is 17.1 Å². The van der Waals surface area contributed by atoms with Crippen molar-refractivity contribution in [1.82, 2.24) is 4.98 Å². The summed E-state index contributed by atoms with van der Waals surface area (Å²) in [6.07, 6.45) is -6.65. The van der Waals surface area contributed by atoms with Gasteiger partial charge in [-0.1, -0.05) is 0 Å². The number of ether oxygens (including phenoxy) is 1. The number of rotatable bonds is 3. The molecular weight excluding hydrogens is 301 g/mol. The summed E-state index contributed by atoms with van der Waals surface area (Å²) in [5, 5.41) is 9.68. The van der Waals surface area contributed by atoms with Gasteiger partial charge in [0.1, 0.15) is 5.76 Å². The Morgan fingerprint density at radius 1 is 1.29 bits per heavy atom. The van der Waals surface area contributed by atoms with Crippen molar-refractivity contribution in [2.45, 2.75) is 18.5 Å². The topological polar surface area (TPSA) is 59.4 Å². The maximum atomic E-state index is 13.1. The van der Waals surface area contributed by atoms with Crippen LogP contribution in [0.25, 0.3) is 5.76 Å². The predicted molar refractivity (Wildman–Crippen MR) is 60.1 cm³/mol. The zero-order valence-electron chi connectivity index (χ0n) is 10.5. The molecule has 4 nitrogen and oxygen atoms in total. The molecule has 1 aromatic heterocycles. The molecular formula is C12H8F5NO3. The number of carbonyl (C=O) groups is 1. The van der Waals surface area contributed by atoms with Crippen molar-refractivity contribution in [2.75, 3.05) is 7.11 Å². The van der Waals surface area contributed by atoms with Gasteiger partial charge in [0.25, 0.3) is 0 Å². The van der Waals surface area contributed by atoms with E-state index in [4.69, 9.17) is 4.74 Å². The molecule has 0 unspecified atom stereocenters. The third-order valence-electron chi connectivity index (χ3n) is 2.96. The summed E-state index contributed by atoms with van der Waals surface area (Å²) in [5.41, 5.74) is -1.10. The minimum absolute atomic E-state index is 0.00632. The van der Waals surface area contributed by atoms with E-state index in [1.165, 1.54) is 19.2 Å². The lowest BCUT2D eigenvalue weighted by atomic mass is 10.0. The summed E-state index contributed by atoms with van der Waals surface area (Å²) < 4.78 is 67.5. The number of aliphatic hydroxyl groups is 1. The number of ketones is 1. The zero-order valence-corrected chi connectivity index (χ0v) is 10.5. The van der Waals surface area contributed by atoms with Gasteiger partial charge in [0.2, 0.25) is 11.7 Å². The standard InChI is InChI=1S/C12H8F5NO3/c1-21-8-3-2-5-7(18-8)4-6(9(5)19)10(20)11(13,14)12(15,16)17/h2-3,19H,4H2,1H3. The van der Waals surface area contributed by atoms with Crippen LogP contribution >= 0.6 is 0 Å². The van der Waals surface area contributed by atoms with Crippen LogP contribution in [0.1, 0.15) is 11.3 Å². The lowest BCUT2D eigenvalue weighted by Crippen LogP contribution is -2.45. The third kappa shape index (κ3) is 2.32. The first-order chi connectivity index (χ1) is 9.59. The average Bonchev–Trinajstić information content (AvgIpc) is 2.73. The number of hydrogen-bond acceptors (Lipinski definition) is 4. The Balaban J connectivity index is 2.40. The lowest BCUT2D eigenvalue weighted by molar-refractivity contribution is -0.266. The first-order valence-electron chi connectivity index (χ1n) is 5.55. The van der Waals surface area contributed by atoms with Crippen molar-refractivity contribution in [2.24, 2.45) is 0 Å². The largest absolute Gasteiger partial charge is 0.507 e. The third-order valence-corrected chi connectivity index (χ3v) is 2.96. The van der Waals surface area contributed by atoms with Gasteiger partial charge in [0.15, 0.2) is 0 Å². The fourth-order valence-corrected chi connectivity index (χ4v) is 1.87. The first-order valence-corrected chi connectivity index (χ1v) is 5.55. The highest BCUT2D eigenvalue weighted by Gasteiger charge is 2.64. The highest BCUT2D eigenvalue weighted by atomic mass is 19.4. The normalized spacial score (nSPS) is 15.1. The molecule has 0 fully saturated rings. The highest BCUT2D eigenvalue weighted by Crippen LogP contribution is 2.41. The first kappa shape index (κ1) is 15.2. The Labute approximate surface area is 114 Å². The molecule has 1 aliphatic carbocycles. The number of fused-ring (bicyclic) bond motifs is 1. The summed E-state index contributed by atoms with van der Waals surface area (Å²) in [6, 6.07) is 2.51. The van der Waals surface area contributed by atoms with Gasteiger partial charge in [-0.05, 0) is 6.07 Å². The Bertz CT molecular complexity index is 636. The van der Waals surface area contributed by atoms with E-state index in [0.29, 0.717) is 0 Å². The molecule has 0 amide bonds. The number of hydrogen-bond donors (Lipinski definition) is 1. The molecule has 1 aliphatic rings. The fraction of sp³-hybridized carbons (Fsp3) is 0.333. The Morgan fingerprint density at radius 3 is 2.43 bits per heavy atom. The van der Waals surface area contributed by atoms with Gasteiger partial charge in [-0.2, -0.15) is 22.0 Å². The molecule has 1 heterocycles. The minimum Gasteiger partial charge on any atom is -0.507 e. The fourth-order valence-electron chi connectivity index (χ4n) is 1.87. The van der Waals surface area contributed by atoms with Crippen LogP contribution in [-0.2, 0) is 11.2 Å². The molecule has 0 aromatic carbocycles. The number of carbonyl (C=O) groups excluding carboxylic acids is 1. The predicted octanol–water partition coefficient (Wildman–Crippen LogP) is 2.68. The highest BCUT2D eigenvalue weighted by molar-refractivity contribution is 6.08. The van der Waals surface area contributed by atoms with Crippen LogP contribution in [0.15, 0.2) is 17.7 Å². The summed E-state index contributed by atoms with van der Waals surface area (Å²) in [7, 11) is 1.28. The molecule has 1 aromatic rings. The molecule has 0 aliphatic heterocycles. The number of allylic oxidation sites excluding steroid dienone is 1. The van der Waals surface area contributed by atoms with Gasteiger partial charge in [0, 0.05) is 18.1 Å². The van der Waals surface area contributed by atoms with Gasteiger partial charge in [-0.3, -0.25) is 4.79 Å². The Kier molecular flexibility index (Phi) is 3.38. The van der Waals surface area contributed by atoms with Gasteiger partial charge >= 0.3 is 12.1 Å². The van der Waals surface area contributed by atoms with E-state index in [9.17, 15) is 31.9 Å². The molecule has 0 saturated carbocycles. The quantitative estimate of drug-likeness (QED) is 0.872. The van der Waals surface area contributed by atoms with E-state index >= 15 is 0 Å². The number of alkyl halides is 5. The van der Waals surface area contributed by atoms with Gasteiger partial charge < -0.3 is 9.84 Å². The van der Waals surface area contributed by atoms with Crippen LogP contribution in [-0.4, -0.2) is 35.1 Å². The summed E-state index contributed by atoms with van der Waals surface area (Å²) >= 11 is 0. The molecule has 0 atom stereocenters. The number of methoxy groups -OCH3 is 1. The second-order valence-corrected chi connectivity index (χ2v) is 4.25. The number of halogens is 5. The average molecular weight is 309 g/mol. The zero-order chi connectivity index (χ0) is 16.0. The molecule has 21 heavy (non-hydrogen) atoms. The molecule has 1 N–H and O–H groups in total. The molecule has 0 bridgehead atoms. The number of nitrogens with zero attached hydrogens (tertiary/aromatic N) is 1. The second-order valence-electron chi connectivity index (χ2n) is 4.25. The molecule has 9 heteroatoms. The number of aromatic nitrogens is 1. The number of pyridine rings is 1. The van der Waals surface area contributed by atoms with Crippen LogP contribution < -0.4 is 4.74 Å². The maximum Gasteiger partial charge on any atom is 0.461 e. The summed E-state index contributed by atoms with van der Waals surface area (Å²) in [4.78, 5) is 15.2. The van der Waals surface area contributed by atoms with Gasteiger partial charge in [-0.15, -0.1) is 0 Å². The van der Waals surface area contributed by atoms with Crippen molar-refractivity contribution in [3.05, 3.63) is 29.0 Å². The molecule has 0 saturated heterocycles. The van der Waals surface area contributed by atoms with Crippen LogP contribution in [0.2, 0.25) is 0 Å². The summed E-state index contributed by atoms with van der Waals surface area (Å²) in [6.45, 7) is 0. The Hall–Kier alpha value is -2.19. The van der Waals surface area contributed by atoms with E-state index < -0.39 is 35.6 Å². The maximum absolute atomic E-state index is 13.1. The van der Waals surface area contributed by atoms with Crippen LogP contribution in [0.4, 0.5) is 22.0 Å². The van der Waals surface area contributed by atoms with E-state index in [2.05, 4.69) is 4.98 Å². The molecule has 2 rings (SSSR count). The molecule has 114 valence electrons. The van der Waals surface area contributed by atoms with Crippen molar-refractivity contribution < 1.29 is 36.6 Å². The Morgan fingerprint density at radius 2 is 1.90 bits per heavy atom. The number of aliphatic hydroxyl groups excluding tert-OH is 1. The van der Waals surface area contributed by atoms with Crippen molar-refractivity contribution in [3.63, 3.8) is 0 Å². The number of Topliss-reactive ketones (excluding diaryl/α,β-unsaturated/α-hetero) is 1. The SMILES string of the molecule is COc1ccc2c(n1)CC(C(=O)C(F)(F)C(F)(F)F)=C2O. The van der Waals surface area contributed by atoms with Crippen molar-refractivity contribution in [3.8, 4) is 5.88 Å². The molecule has 0 spiro atoms. The molecule has 0 radical (unpaired) electrons. The van der Waals surface area contributed by atoms with Gasteiger partial charge in [-0.25, -0.2) is 4.98 Å². The van der Waals surface area contributed by atoms with E-state index in [1.807, 2.05) is 0 Å². The van der Waals surface area contributed by atoms with E-state index in [0.717, 1.165) is 0 Å². The van der Waals surface area contributed by atoms with Gasteiger partial charge in [0.05, 0.1) is 18.4 Å². The van der Waals surface area contributed by atoms with Crippen molar-refractivity contribution >= 4 is 11.5 Å². The minimum atomic E-state index is -6.03. The lowest BCUT2D eigenvalue weighted by Gasteiger charge is -2.18. The second kappa shape index (κ2) is 4.68. The van der Waals surface area contributed by atoms with E-state index in [1.54, 1.807) is 0 Å². The monoisotopic (exact) mass is 309 g/mol. The summed E-state index contributed by atoms with van der Waals surface area (Å²) in [5.74, 6) is -8.89.